The van der Waals surface area contributed by atoms with E-state index in [1.807, 2.05) is 37.8 Å². The number of imidazole rings is 2. The van der Waals surface area contributed by atoms with E-state index in [0.29, 0.717) is 63.9 Å². The molecule has 17 nitrogen and oxygen atoms in total. The number of ether oxygens (including phenoxy) is 4. The summed E-state index contributed by atoms with van der Waals surface area (Å²) in [5, 5.41) is 16.9. The Morgan fingerprint density at radius 1 is 0.938 bits per heavy atom. The summed E-state index contributed by atoms with van der Waals surface area (Å²) in [7, 11) is 2.93. The highest BCUT2D eigenvalue weighted by atomic mass is 16.5. The van der Waals surface area contributed by atoms with Crippen molar-refractivity contribution < 1.29 is 43.2 Å². The summed E-state index contributed by atoms with van der Waals surface area (Å²) < 4.78 is 22.3. The number of carboxylic acid groups (broad SMARTS) is 1. The van der Waals surface area contributed by atoms with Gasteiger partial charge in [-0.3, -0.25) is 9.59 Å². The number of hydrogen-bond donors (Lipinski definition) is 5. The number of nitrogens with zero attached hydrogens (tertiary/aromatic N) is 4. The Hall–Kier alpha value is -6.20. The Labute approximate surface area is 370 Å². The van der Waals surface area contributed by atoms with Crippen LogP contribution in [0.25, 0.3) is 44.2 Å². The molecule has 5 N–H and O–H groups in total. The minimum absolute atomic E-state index is 0.0256. The van der Waals surface area contributed by atoms with Crippen LogP contribution in [0.15, 0.2) is 48.7 Å². The van der Waals surface area contributed by atoms with Crippen LogP contribution in [0.3, 0.4) is 0 Å². The quantitative estimate of drug-likeness (QED) is 0.0942. The Morgan fingerprint density at radius 2 is 1.75 bits per heavy atom. The van der Waals surface area contributed by atoms with Crippen molar-refractivity contribution in [3.8, 4) is 28.1 Å². The second kappa shape index (κ2) is 17.8. The van der Waals surface area contributed by atoms with Crippen LogP contribution in [0.1, 0.15) is 82.2 Å². The lowest BCUT2D eigenvalue weighted by molar-refractivity contribution is -0.138. The van der Waals surface area contributed by atoms with E-state index in [1.54, 1.807) is 18.2 Å². The summed E-state index contributed by atoms with van der Waals surface area (Å²) >= 11 is 0. The van der Waals surface area contributed by atoms with Crippen molar-refractivity contribution in [2.45, 2.75) is 89.7 Å². The van der Waals surface area contributed by atoms with E-state index < -0.39 is 30.3 Å². The molecule has 338 valence electrons. The molecule has 6 atom stereocenters. The van der Waals surface area contributed by atoms with Crippen molar-refractivity contribution in [2.24, 2.45) is 17.8 Å². The minimum atomic E-state index is -1.23. The van der Waals surface area contributed by atoms with Crippen molar-refractivity contribution in [3.63, 3.8) is 0 Å². The minimum Gasteiger partial charge on any atom is -0.488 e. The first-order chi connectivity index (χ1) is 30.9. The van der Waals surface area contributed by atoms with Gasteiger partial charge in [-0.25, -0.2) is 19.6 Å². The first-order valence-electron chi connectivity index (χ1n) is 22.2. The molecule has 0 aliphatic carbocycles. The molecule has 4 aliphatic rings. The third kappa shape index (κ3) is 8.10. The molecular formula is C47H56N8O9. The van der Waals surface area contributed by atoms with Crippen LogP contribution in [0, 0.1) is 17.8 Å². The fourth-order valence-corrected chi connectivity index (χ4v) is 10.3. The van der Waals surface area contributed by atoms with Gasteiger partial charge in [0, 0.05) is 49.8 Å². The number of methoxy groups -OCH3 is 2. The number of carbonyl (C=O) groups is 4. The normalized spacial score (nSPS) is 22.0. The van der Waals surface area contributed by atoms with E-state index >= 15 is 0 Å². The predicted octanol–water partition coefficient (Wildman–Crippen LogP) is 6.70. The Kier molecular flexibility index (Phi) is 11.9. The molecule has 6 heterocycles. The topological polar surface area (TPSA) is 213 Å². The van der Waals surface area contributed by atoms with Gasteiger partial charge in [0.2, 0.25) is 11.8 Å². The van der Waals surface area contributed by atoms with Gasteiger partial charge in [0.05, 0.1) is 48.7 Å². The summed E-state index contributed by atoms with van der Waals surface area (Å²) in [6, 6.07) is 12.2. The number of aromatic nitrogens is 4. The highest BCUT2D eigenvalue weighted by Gasteiger charge is 2.44. The maximum Gasteiger partial charge on any atom is 0.407 e. The average molecular weight is 877 g/mol. The van der Waals surface area contributed by atoms with Gasteiger partial charge in [0.1, 0.15) is 36.1 Å². The van der Waals surface area contributed by atoms with Crippen LogP contribution in [-0.4, -0.2) is 118 Å². The van der Waals surface area contributed by atoms with Crippen LogP contribution in [0.5, 0.6) is 5.75 Å². The molecule has 3 fully saturated rings. The zero-order chi connectivity index (χ0) is 44.8. The van der Waals surface area contributed by atoms with Crippen molar-refractivity contribution >= 4 is 45.8 Å². The fraction of sp³-hybridized carbons (Fsp3) is 0.489. The molecule has 5 aromatic rings. The molecule has 3 saturated heterocycles. The van der Waals surface area contributed by atoms with Gasteiger partial charge in [-0.05, 0) is 97.2 Å². The Balaban J connectivity index is 0.973. The zero-order valence-corrected chi connectivity index (χ0v) is 36.8. The van der Waals surface area contributed by atoms with Gasteiger partial charge in [-0.1, -0.05) is 32.0 Å². The number of carbonyl (C=O) groups excluding carboxylic acids is 3. The molecule has 17 heteroatoms. The van der Waals surface area contributed by atoms with Crippen molar-refractivity contribution in [2.75, 3.05) is 40.6 Å². The standard InChI is InChI=1S/C47H56N8O9/c1-24(2)39(53-47(60)62-5)45(57)55-25(3)6-11-36(55)42-48-20-35(50-42)29-7-9-31-30(17-29)23-64-38-19-32-28(18-33(31)38)8-10-34-41(32)51-43(49-34)37-16-26(22-61-4)21-54(37)44(56)40(52-46(58)59)27-12-14-63-15-13-27/h7-10,17-20,24-27,36-37,39-40,52H,6,11-16,21-23H2,1-5H3,(H,48,50)(H,49,51)(H,53,60)(H,58,59)/t25-,26-,36-,37-,39-,40-/m0/s1. The molecule has 0 radical (unpaired) electrons. The molecule has 64 heavy (non-hydrogen) atoms. The lowest BCUT2D eigenvalue weighted by atomic mass is 9.90. The molecule has 4 aliphatic heterocycles. The van der Waals surface area contributed by atoms with E-state index in [1.165, 1.54) is 7.11 Å². The van der Waals surface area contributed by atoms with E-state index in [4.69, 9.17) is 28.9 Å². The lowest BCUT2D eigenvalue weighted by Crippen LogP contribution is -2.53. The maximum atomic E-state index is 14.3. The number of likely N-dealkylation sites (tertiary alicyclic amines) is 2. The third-order valence-corrected chi connectivity index (χ3v) is 13.6. The van der Waals surface area contributed by atoms with Gasteiger partial charge >= 0.3 is 12.2 Å². The van der Waals surface area contributed by atoms with E-state index in [-0.39, 0.29) is 41.7 Å². The summed E-state index contributed by atoms with van der Waals surface area (Å²) in [5.74, 6) is 1.43. The molecule has 2 aromatic heterocycles. The van der Waals surface area contributed by atoms with E-state index in [2.05, 4.69) is 50.9 Å². The molecule has 4 amide bonds. The van der Waals surface area contributed by atoms with Gasteiger partial charge in [0.25, 0.3) is 0 Å². The van der Waals surface area contributed by atoms with Crippen LogP contribution >= 0.6 is 0 Å². The van der Waals surface area contributed by atoms with Crippen molar-refractivity contribution in [1.29, 1.82) is 0 Å². The molecule has 0 spiro atoms. The Bertz CT molecular complexity index is 2580. The number of aromatic amines is 2. The van der Waals surface area contributed by atoms with Crippen LogP contribution in [0.2, 0.25) is 0 Å². The van der Waals surface area contributed by atoms with Crippen molar-refractivity contribution in [3.05, 3.63) is 65.9 Å². The Morgan fingerprint density at radius 3 is 2.50 bits per heavy atom. The van der Waals surface area contributed by atoms with Gasteiger partial charge < -0.3 is 54.5 Å². The first-order valence-corrected chi connectivity index (χ1v) is 22.2. The molecular weight excluding hydrogens is 821 g/mol. The number of benzene rings is 3. The number of H-pyrrole nitrogens is 2. The number of rotatable bonds is 11. The monoisotopic (exact) mass is 876 g/mol. The first kappa shape index (κ1) is 43.1. The highest BCUT2D eigenvalue weighted by molar-refractivity contribution is 6.07. The van der Waals surface area contributed by atoms with E-state index in [9.17, 15) is 24.3 Å². The number of nitrogens with one attached hydrogen (secondary N) is 4. The number of hydrogen-bond acceptors (Lipinski definition) is 10. The van der Waals surface area contributed by atoms with Gasteiger partial charge in [0.15, 0.2) is 0 Å². The largest absolute Gasteiger partial charge is 0.488 e. The van der Waals surface area contributed by atoms with Gasteiger partial charge in [-0.15, -0.1) is 0 Å². The smallest absolute Gasteiger partial charge is 0.407 e. The molecule has 9 rings (SSSR count). The van der Waals surface area contributed by atoms with Crippen LogP contribution in [-0.2, 0) is 30.4 Å². The number of alkyl carbamates (subject to hydrolysis) is 1. The summed E-state index contributed by atoms with van der Waals surface area (Å²) in [6.45, 7) is 8.05. The number of fused-ring (bicyclic) bond motifs is 6. The second-order valence-electron chi connectivity index (χ2n) is 18.0. The predicted molar refractivity (Wildman–Crippen MR) is 236 cm³/mol. The summed E-state index contributed by atoms with van der Waals surface area (Å²) in [4.78, 5) is 72.7. The lowest BCUT2D eigenvalue weighted by Gasteiger charge is -2.34. The summed E-state index contributed by atoms with van der Waals surface area (Å²) in [6.07, 6.45) is 3.31. The van der Waals surface area contributed by atoms with Gasteiger partial charge in [-0.2, -0.15) is 0 Å². The SMILES string of the molecule is COC[C@H]1C[C@@H](c2nc3ccc4cc5c(cc4c3[nH]2)OCc2cc(-c3cnc([C@@H]4CC[C@H](C)N4C(=O)[C@@H](NC(=O)OC)C(C)C)[nH]3)ccc2-5)N(C(=O)[C@@H](NC(=O)O)C2CCOCC2)C1. The van der Waals surface area contributed by atoms with Crippen molar-refractivity contribution in [1.82, 2.24) is 40.4 Å². The zero-order valence-electron chi connectivity index (χ0n) is 36.8. The van der Waals surface area contributed by atoms with E-state index in [0.717, 1.165) is 68.3 Å². The molecule has 0 bridgehead atoms. The average Bonchev–Trinajstić information content (AvgIpc) is 4.12. The fourth-order valence-electron chi connectivity index (χ4n) is 10.3. The van der Waals surface area contributed by atoms with Crippen LogP contribution in [0.4, 0.5) is 9.59 Å². The highest BCUT2D eigenvalue weighted by Crippen LogP contribution is 2.44. The second-order valence-corrected chi connectivity index (χ2v) is 18.0. The molecule has 0 unspecified atom stereocenters. The third-order valence-electron chi connectivity index (χ3n) is 13.6. The molecule has 0 saturated carbocycles. The van der Waals surface area contributed by atoms with Crippen LogP contribution < -0.4 is 15.4 Å². The molecule has 3 aromatic carbocycles. The maximum absolute atomic E-state index is 14.3. The summed E-state index contributed by atoms with van der Waals surface area (Å²) in [5.41, 5.74) is 6.42. The number of amides is 4.